The van der Waals surface area contributed by atoms with Gasteiger partial charge >= 0.3 is 6.18 Å². The van der Waals surface area contributed by atoms with Gasteiger partial charge in [-0.2, -0.15) is 18.3 Å². The molecule has 134 valence electrons. The third-order valence-electron chi connectivity index (χ3n) is 5.28. The summed E-state index contributed by atoms with van der Waals surface area (Å²) in [6.45, 7) is 1.25. The summed E-state index contributed by atoms with van der Waals surface area (Å²) in [6.07, 6.45) is 0.653. The smallest absolute Gasteiger partial charge is 0.391 e. The molecule has 1 saturated carbocycles. The second-order valence-corrected chi connectivity index (χ2v) is 6.81. The van der Waals surface area contributed by atoms with E-state index in [1.165, 1.54) is 12.5 Å². The number of rotatable bonds is 2. The van der Waals surface area contributed by atoms with E-state index < -0.39 is 17.8 Å². The van der Waals surface area contributed by atoms with Crippen LogP contribution in [0.3, 0.4) is 0 Å². The summed E-state index contributed by atoms with van der Waals surface area (Å²) >= 11 is 0. The maximum atomic E-state index is 12.9. The van der Waals surface area contributed by atoms with Crippen LogP contribution in [0.25, 0.3) is 0 Å². The van der Waals surface area contributed by atoms with Gasteiger partial charge in [0.1, 0.15) is 18.5 Å². The number of fused-ring (bicyclic) bond motifs is 1. The highest BCUT2D eigenvalue weighted by molar-refractivity contribution is 5.43. The zero-order valence-corrected chi connectivity index (χ0v) is 13.3. The van der Waals surface area contributed by atoms with Crippen molar-refractivity contribution in [2.75, 3.05) is 18.0 Å². The number of aliphatic hydroxyl groups excluding tert-OH is 1. The van der Waals surface area contributed by atoms with Crippen molar-refractivity contribution in [1.29, 1.82) is 0 Å². The summed E-state index contributed by atoms with van der Waals surface area (Å²) in [7, 11) is 0. The molecule has 1 N–H and O–H groups in total. The zero-order chi connectivity index (χ0) is 17.6. The molecule has 0 aromatic carbocycles. The number of alkyl halides is 3. The Kier molecular flexibility index (Phi) is 3.90. The van der Waals surface area contributed by atoms with Crippen LogP contribution in [0, 0.1) is 11.8 Å². The number of halogens is 3. The predicted octanol–water partition coefficient (Wildman–Crippen LogP) is 2.14. The lowest BCUT2D eigenvalue weighted by molar-refractivity contribution is -0.137. The van der Waals surface area contributed by atoms with Gasteiger partial charge in [0.05, 0.1) is 17.7 Å². The number of aliphatic hydroxyl groups is 1. The average molecular weight is 353 g/mol. The maximum absolute atomic E-state index is 12.9. The molecule has 1 aliphatic heterocycles. The highest BCUT2D eigenvalue weighted by Gasteiger charge is 2.43. The van der Waals surface area contributed by atoms with Gasteiger partial charge in [-0.05, 0) is 36.8 Å². The second kappa shape index (κ2) is 5.98. The minimum absolute atomic E-state index is 0.141. The predicted molar refractivity (Wildman–Crippen MR) is 82.7 cm³/mol. The highest BCUT2D eigenvalue weighted by atomic mass is 19.4. The Labute approximate surface area is 142 Å². The summed E-state index contributed by atoms with van der Waals surface area (Å²) in [5.41, 5.74) is -0.687. The lowest BCUT2D eigenvalue weighted by Crippen LogP contribution is -2.36. The topological polar surface area (TPSA) is 67.1 Å². The van der Waals surface area contributed by atoms with Gasteiger partial charge < -0.3 is 10.0 Å². The van der Waals surface area contributed by atoms with E-state index >= 15 is 0 Å². The molecule has 4 rings (SSSR count). The number of nitrogens with zero attached hydrogens (tertiary/aromatic N) is 5. The van der Waals surface area contributed by atoms with E-state index in [2.05, 4.69) is 15.1 Å². The maximum Gasteiger partial charge on any atom is 0.416 e. The molecule has 0 amide bonds. The lowest BCUT2D eigenvalue weighted by Gasteiger charge is -2.34. The summed E-state index contributed by atoms with van der Waals surface area (Å²) in [5.74, 6) is 0.871. The largest absolute Gasteiger partial charge is 0.416 e. The molecule has 0 unspecified atom stereocenters. The second-order valence-electron chi connectivity index (χ2n) is 6.81. The van der Waals surface area contributed by atoms with Crippen molar-refractivity contribution in [2.45, 2.75) is 31.2 Å². The van der Waals surface area contributed by atoms with Crippen LogP contribution >= 0.6 is 0 Å². The van der Waals surface area contributed by atoms with Crippen molar-refractivity contribution in [3.8, 4) is 0 Å². The van der Waals surface area contributed by atoms with Crippen LogP contribution in [-0.2, 0) is 6.18 Å². The van der Waals surface area contributed by atoms with Crippen molar-refractivity contribution < 1.29 is 18.3 Å². The first kappa shape index (κ1) is 16.3. The summed E-state index contributed by atoms with van der Waals surface area (Å²) in [4.78, 5) is 9.93. The minimum Gasteiger partial charge on any atom is -0.391 e. The molecule has 2 aromatic rings. The van der Waals surface area contributed by atoms with E-state index in [4.69, 9.17) is 0 Å². The number of aromatic nitrogens is 4. The number of anilines is 1. The first-order valence-electron chi connectivity index (χ1n) is 8.22. The monoisotopic (exact) mass is 353 g/mol. The number of hydrogen-bond donors (Lipinski definition) is 1. The van der Waals surface area contributed by atoms with Gasteiger partial charge in [-0.1, -0.05) is 0 Å². The van der Waals surface area contributed by atoms with Crippen molar-refractivity contribution in [1.82, 2.24) is 19.7 Å². The fourth-order valence-electron chi connectivity index (χ4n) is 4.03. The van der Waals surface area contributed by atoms with E-state index in [1.54, 1.807) is 11.0 Å². The Morgan fingerprint density at radius 3 is 2.60 bits per heavy atom. The molecule has 2 aromatic heterocycles. The molecule has 1 saturated heterocycles. The number of hydrogen-bond acceptors (Lipinski definition) is 5. The molecule has 6 nitrogen and oxygen atoms in total. The lowest BCUT2D eigenvalue weighted by atomic mass is 9.77. The van der Waals surface area contributed by atoms with Crippen molar-refractivity contribution in [3.63, 3.8) is 0 Å². The van der Waals surface area contributed by atoms with Crippen LogP contribution < -0.4 is 4.90 Å². The van der Waals surface area contributed by atoms with Crippen LogP contribution in [-0.4, -0.2) is 44.0 Å². The molecule has 2 fully saturated rings. The minimum atomic E-state index is -4.38. The van der Waals surface area contributed by atoms with Crippen LogP contribution in [0.5, 0.6) is 0 Å². The van der Waals surface area contributed by atoms with Gasteiger partial charge in [-0.25, -0.2) is 14.6 Å². The molecule has 2 aliphatic rings. The molecule has 0 spiro atoms. The normalized spacial score (nSPS) is 29.7. The summed E-state index contributed by atoms with van der Waals surface area (Å²) in [6, 6.07) is 1.94. The standard InChI is InChI=1S/C16H18F3N5O/c17-16(18,19)12-1-2-21-15(5-12)23-6-10-3-13(24-9-20-8-22-24)14(25)4-11(10)7-23/h1-2,5,8-11,13-14,25H,3-4,6-7H2/t10-,11+,13-,14-/m1/s1. The van der Waals surface area contributed by atoms with Gasteiger partial charge in [0.2, 0.25) is 0 Å². The van der Waals surface area contributed by atoms with Crippen LogP contribution in [0.15, 0.2) is 31.0 Å². The van der Waals surface area contributed by atoms with Gasteiger partial charge in [0, 0.05) is 19.3 Å². The molecule has 25 heavy (non-hydrogen) atoms. The molecule has 1 aliphatic carbocycles. The first-order chi connectivity index (χ1) is 11.9. The Bertz CT molecular complexity index is 736. The Balaban J connectivity index is 1.52. The Morgan fingerprint density at radius 2 is 1.92 bits per heavy atom. The molecule has 0 bridgehead atoms. The molecular weight excluding hydrogens is 335 g/mol. The molecular formula is C16H18F3N5O. The van der Waals surface area contributed by atoms with Crippen LogP contribution in [0.1, 0.15) is 24.4 Å². The van der Waals surface area contributed by atoms with Gasteiger partial charge in [0.25, 0.3) is 0 Å². The van der Waals surface area contributed by atoms with Crippen molar-refractivity contribution in [2.24, 2.45) is 11.8 Å². The molecule has 0 radical (unpaired) electrons. The van der Waals surface area contributed by atoms with E-state index in [1.807, 2.05) is 4.90 Å². The van der Waals surface area contributed by atoms with Crippen LogP contribution in [0.4, 0.5) is 19.0 Å². The molecule has 3 heterocycles. The van der Waals surface area contributed by atoms with Gasteiger partial charge in [-0.3, -0.25) is 0 Å². The molecule has 4 atom stereocenters. The van der Waals surface area contributed by atoms with Crippen LogP contribution in [0.2, 0.25) is 0 Å². The highest BCUT2D eigenvalue weighted by Crippen LogP contribution is 2.42. The quantitative estimate of drug-likeness (QED) is 0.896. The van der Waals surface area contributed by atoms with Crippen molar-refractivity contribution in [3.05, 3.63) is 36.5 Å². The average Bonchev–Trinajstić information content (AvgIpc) is 3.22. The van der Waals surface area contributed by atoms with E-state index in [0.717, 1.165) is 18.6 Å². The third-order valence-corrected chi connectivity index (χ3v) is 5.28. The van der Waals surface area contributed by atoms with E-state index in [9.17, 15) is 18.3 Å². The number of pyridine rings is 1. The molecule has 9 heteroatoms. The van der Waals surface area contributed by atoms with E-state index in [-0.39, 0.29) is 17.9 Å². The fourth-order valence-corrected chi connectivity index (χ4v) is 4.03. The Hall–Kier alpha value is -2.16. The summed E-state index contributed by atoms with van der Waals surface area (Å²) < 4.78 is 40.4. The van der Waals surface area contributed by atoms with E-state index in [0.29, 0.717) is 25.3 Å². The Morgan fingerprint density at radius 1 is 1.16 bits per heavy atom. The third kappa shape index (κ3) is 3.08. The zero-order valence-electron chi connectivity index (χ0n) is 13.3. The SMILES string of the molecule is O[C@@H]1C[C@H]2CN(c3cc(C(F)(F)F)ccn3)C[C@H]2C[C@H]1n1cncn1. The van der Waals surface area contributed by atoms with Gasteiger partial charge in [0.15, 0.2) is 0 Å². The summed E-state index contributed by atoms with van der Waals surface area (Å²) in [5, 5.41) is 14.5. The van der Waals surface area contributed by atoms with Crippen molar-refractivity contribution >= 4 is 5.82 Å². The van der Waals surface area contributed by atoms with Gasteiger partial charge in [-0.15, -0.1) is 0 Å². The fraction of sp³-hybridized carbons (Fsp3) is 0.562. The first-order valence-corrected chi connectivity index (χ1v) is 8.22.